The quantitative estimate of drug-likeness (QED) is 0.765. The Morgan fingerprint density at radius 1 is 1.16 bits per heavy atom. The van der Waals surface area contributed by atoms with Crippen LogP contribution in [0.5, 0.6) is 0 Å². The van der Waals surface area contributed by atoms with E-state index in [0.717, 1.165) is 5.56 Å². The van der Waals surface area contributed by atoms with Crippen molar-refractivity contribution in [1.29, 1.82) is 0 Å². The number of carbonyl (C=O) groups is 1. The topological polar surface area (TPSA) is 61.4 Å². The first-order valence-electron chi connectivity index (χ1n) is 6.65. The fourth-order valence-electron chi connectivity index (χ4n) is 2.53. The van der Waals surface area contributed by atoms with Gasteiger partial charge in [-0.25, -0.2) is 5.43 Å². The zero-order valence-electron chi connectivity index (χ0n) is 11.9. The minimum atomic E-state index is -0.769. The van der Waals surface area contributed by atoms with Crippen LogP contribution in [0.3, 0.4) is 0 Å². The number of hydrogen-bond donors (Lipinski definition) is 3. The van der Waals surface area contributed by atoms with Crippen molar-refractivity contribution in [2.24, 2.45) is 5.92 Å². The van der Waals surface area contributed by atoms with E-state index in [1.807, 2.05) is 19.1 Å². The molecule has 1 aromatic rings. The summed E-state index contributed by atoms with van der Waals surface area (Å²) in [5.74, 6) is -1.21. The van der Waals surface area contributed by atoms with Crippen molar-refractivity contribution in [1.82, 2.24) is 10.9 Å². The predicted octanol–water partition coefficient (Wildman–Crippen LogP) is 2.22. The Bertz CT molecular complexity index is 462. The first kappa shape index (κ1) is 14.0. The smallest absolute Gasteiger partial charge is 0.310 e. The van der Waals surface area contributed by atoms with Crippen molar-refractivity contribution in [3.63, 3.8) is 0 Å². The highest BCUT2D eigenvalue weighted by Crippen LogP contribution is 2.30. The lowest BCUT2D eigenvalue weighted by molar-refractivity contribution is -0.142. The van der Waals surface area contributed by atoms with E-state index in [4.69, 9.17) is 0 Å². The maximum absolute atomic E-state index is 11.3. The average molecular weight is 262 g/mol. The van der Waals surface area contributed by atoms with E-state index in [2.05, 4.69) is 43.8 Å². The van der Waals surface area contributed by atoms with Crippen molar-refractivity contribution < 1.29 is 9.90 Å². The van der Waals surface area contributed by atoms with Gasteiger partial charge in [0.2, 0.25) is 0 Å². The first-order chi connectivity index (χ1) is 8.80. The maximum atomic E-state index is 11.3. The summed E-state index contributed by atoms with van der Waals surface area (Å²) in [6.07, 6.45) is 0. The fraction of sp³-hybridized carbons (Fsp3) is 0.533. The highest BCUT2D eigenvalue weighted by molar-refractivity contribution is 5.72. The lowest BCUT2D eigenvalue weighted by Crippen LogP contribution is -2.30. The van der Waals surface area contributed by atoms with Crippen LogP contribution in [-0.4, -0.2) is 17.1 Å². The third-order valence-corrected chi connectivity index (χ3v) is 3.79. The molecule has 0 radical (unpaired) electrons. The number of rotatable bonds is 2. The molecule has 0 saturated carbocycles. The first-order valence-corrected chi connectivity index (χ1v) is 6.65. The summed E-state index contributed by atoms with van der Waals surface area (Å²) < 4.78 is 0. The lowest BCUT2D eigenvalue weighted by Gasteiger charge is -2.21. The van der Waals surface area contributed by atoms with Gasteiger partial charge in [-0.05, 0) is 23.5 Å². The molecule has 4 nitrogen and oxygen atoms in total. The van der Waals surface area contributed by atoms with Crippen molar-refractivity contribution in [3.05, 3.63) is 35.4 Å². The minimum absolute atomic E-state index is 0.0789. The third kappa shape index (κ3) is 2.80. The molecule has 3 N–H and O–H groups in total. The van der Waals surface area contributed by atoms with E-state index < -0.39 is 11.9 Å². The van der Waals surface area contributed by atoms with Gasteiger partial charge in [-0.15, -0.1) is 0 Å². The summed E-state index contributed by atoms with van der Waals surface area (Å²) in [5.41, 5.74) is 8.47. The average Bonchev–Trinajstić information content (AvgIpc) is 2.70. The summed E-state index contributed by atoms with van der Waals surface area (Å²) in [5, 5.41) is 9.32. The van der Waals surface area contributed by atoms with Gasteiger partial charge in [-0.2, -0.15) is 0 Å². The third-order valence-electron chi connectivity index (χ3n) is 3.79. The van der Waals surface area contributed by atoms with Crippen molar-refractivity contribution in [2.75, 3.05) is 0 Å². The fourth-order valence-corrected chi connectivity index (χ4v) is 2.53. The monoisotopic (exact) mass is 262 g/mol. The molecule has 3 atom stereocenters. The Hall–Kier alpha value is -1.39. The zero-order valence-corrected chi connectivity index (χ0v) is 11.9. The van der Waals surface area contributed by atoms with Crippen LogP contribution in [0.4, 0.5) is 0 Å². The summed E-state index contributed by atoms with van der Waals surface area (Å²) in [7, 11) is 0. The number of nitrogens with one attached hydrogen (secondary N) is 2. The molecule has 1 saturated heterocycles. The van der Waals surface area contributed by atoms with Gasteiger partial charge in [0.25, 0.3) is 0 Å². The molecule has 0 spiro atoms. The number of hydrogen-bond acceptors (Lipinski definition) is 3. The molecule has 0 amide bonds. The molecule has 2 rings (SSSR count). The molecule has 104 valence electrons. The molecule has 1 fully saturated rings. The van der Waals surface area contributed by atoms with E-state index in [9.17, 15) is 9.90 Å². The van der Waals surface area contributed by atoms with Crippen LogP contribution >= 0.6 is 0 Å². The molecular formula is C15H22N2O2. The number of hydrazine groups is 1. The maximum Gasteiger partial charge on any atom is 0.310 e. The summed E-state index contributed by atoms with van der Waals surface area (Å²) in [4.78, 5) is 11.3. The largest absolute Gasteiger partial charge is 0.481 e. The summed E-state index contributed by atoms with van der Waals surface area (Å²) in [6.45, 7) is 8.38. The molecule has 0 bridgehead atoms. The van der Waals surface area contributed by atoms with Gasteiger partial charge in [-0.3, -0.25) is 10.2 Å². The molecule has 0 aliphatic carbocycles. The SMILES string of the molecule is CC1NNC(c2ccc(C(C)(C)C)cc2)C1C(=O)O. The van der Waals surface area contributed by atoms with Gasteiger partial charge in [0.05, 0.1) is 12.0 Å². The molecule has 1 aromatic carbocycles. The zero-order chi connectivity index (χ0) is 14.2. The summed E-state index contributed by atoms with van der Waals surface area (Å²) in [6, 6.07) is 7.95. The Morgan fingerprint density at radius 3 is 2.21 bits per heavy atom. The molecule has 1 aliphatic heterocycles. The number of carboxylic acid groups (broad SMARTS) is 1. The van der Waals surface area contributed by atoms with E-state index in [1.165, 1.54) is 5.56 Å². The van der Waals surface area contributed by atoms with Crippen LogP contribution in [0.1, 0.15) is 44.9 Å². The van der Waals surface area contributed by atoms with Crippen LogP contribution in [0.15, 0.2) is 24.3 Å². The Morgan fingerprint density at radius 2 is 1.74 bits per heavy atom. The van der Waals surface area contributed by atoms with Crippen LogP contribution in [0, 0.1) is 5.92 Å². The number of carboxylic acids is 1. The number of aliphatic carboxylic acids is 1. The standard InChI is InChI=1S/C15H22N2O2/c1-9-12(14(18)19)13(17-16-9)10-5-7-11(8-6-10)15(2,3)4/h5-9,12-13,16-17H,1-4H3,(H,18,19). The van der Waals surface area contributed by atoms with Crippen LogP contribution in [-0.2, 0) is 10.2 Å². The van der Waals surface area contributed by atoms with Gasteiger partial charge in [0.1, 0.15) is 0 Å². The second kappa shape index (κ2) is 4.94. The molecular weight excluding hydrogens is 240 g/mol. The van der Waals surface area contributed by atoms with E-state index in [1.54, 1.807) is 0 Å². The second-order valence-electron chi connectivity index (χ2n) is 6.29. The van der Waals surface area contributed by atoms with Crippen LogP contribution in [0.2, 0.25) is 0 Å². The molecule has 1 heterocycles. The molecule has 3 unspecified atom stereocenters. The van der Waals surface area contributed by atoms with Crippen LogP contribution < -0.4 is 10.9 Å². The van der Waals surface area contributed by atoms with Crippen LogP contribution in [0.25, 0.3) is 0 Å². The number of benzene rings is 1. The predicted molar refractivity (Wildman–Crippen MR) is 74.7 cm³/mol. The molecule has 4 heteroatoms. The van der Waals surface area contributed by atoms with Gasteiger partial charge in [0.15, 0.2) is 0 Å². The highest BCUT2D eigenvalue weighted by atomic mass is 16.4. The van der Waals surface area contributed by atoms with E-state index in [0.29, 0.717) is 0 Å². The van der Waals surface area contributed by atoms with Crippen molar-refractivity contribution >= 4 is 5.97 Å². The van der Waals surface area contributed by atoms with Gasteiger partial charge < -0.3 is 5.11 Å². The minimum Gasteiger partial charge on any atom is -0.481 e. The van der Waals surface area contributed by atoms with E-state index in [-0.39, 0.29) is 17.5 Å². The van der Waals surface area contributed by atoms with E-state index >= 15 is 0 Å². The highest BCUT2D eigenvalue weighted by Gasteiger charge is 2.39. The molecule has 0 aromatic heterocycles. The summed E-state index contributed by atoms with van der Waals surface area (Å²) >= 11 is 0. The van der Waals surface area contributed by atoms with Crippen molar-refractivity contribution in [3.8, 4) is 0 Å². The van der Waals surface area contributed by atoms with Crippen molar-refractivity contribution in [2.45, 2.75) is 45.2 Å². The molecule has 19 heavy (non-hydrogen) atoms. The van der Waals surface area contributed by atoms with Gasteiger partial charge in [-0.1, -0.05) is 45.0 Å². The Kier molecular flexibility index (Phi) is 3.65. The normalized spacial score (nSPS) is 27.5. The Balaban J connectivity index is 2.25. The van der Waals surface area contributed by atoms with Gasteiger partial charge >= 0.3 is 5.97 Å². The second-order valence-corrected chi connectivity index (χ2v) is 6.29. The molecule has 1 aliphatic rings. The lowest BCUT2D eigenvalue weighted by atomic mass is 9.84. The van der Waals surface area contributed by atoms with Gasteiger partial charge in [0, 0.05) is 6.04 Å². The Labute approximate surface area is 114 Å².